The summed E-state index contributed by atoms with van der Waals surface area (Å²) < 4.78 is 9.65. The third kappa shape index (κ3) is 5.80. The molecule has 6 N–H and O–H groups in total. The van der Waals surface area contributed by atoms with Gasteiger partial charge in [0, 0.05) is 35.8 Å². The van der Waals surface area contributed by atoms with Crippen LogP contribution in [0.4, 0.5) is 9.80 Å². The minimum absolute atomic E-state index is 0.00817. The number of carboxylic acids is 2. The molecule has 1 aliphatic rings. The lowest BCUT2D eigenvalue weighted by Crippen LogP contribution is -2.45. The Morgan fingerprint density at radius 1 is 1.12 bits per heavy atom. The number of esters is 1. The molecule has 2 aromatic heterocycles. The van der Waals surface area contributed by atoms with Crippen molar-refractivity contribution in [1.29, 1.82) is 0 Å². The summed E-state index contributed by atoms with van der Waals surface area (Å²) in [6.45, 7) is 0.141. The molecule has 0 fully saturated rings. The zero-order valence-electron chi connectivity index (χ0n) is 20.7. The van der Waals surface area contributed by atoms with Gasteiger partial charge < -0.3 is 40.4 Å². The molecule has 3 heterocycles. The molecule has 0 unspecified atom stereocenters. The van der Waals surface area contributed by atoms with Crippen molar-refractivity contribution in [3.8, 4) is 5.75 Å². The van der Waals surface area contributed by atoms with E-state index in [1.807, 2.05) is 0 Å². The number of phenols is 1. The van der Waals surface area contributed by atoms with Gasteiger partial charge in [0.2, 0.25) is 6.79 Å². The van der Waals surface area contributed by atoms with Crippen LogP contribution in [-0.4, -0.2) is 80.9 Å². The molecule has 210 valence electrons. The fourth-order valence-electron chi connectivity index (χ4n) is 4.19. The van der Waals surface area contributed by atoms with Crippen molar-refractivity contribution in [2.24, 2.45) is 0 Å². The van der Waals surface area contributed by atoms with Gasteiger partial charge in [0.1, 0.15) is 16.4 Å². The van der Waals surface area contributed by atoms with Gasteiger partial charge in [0.15, 0.2) is 0 Å². The van der Waals surface area contributed by atoms with Crippen LogP contribution in [0.15, 0.2) is 24.3 Å². The molecule has 0 saturated carbocycles. The van der Waals surface area contributed by atoms with Crippen LogP contribution in [0.25, 0.3) is 10.9 Å². The highest BCUT2D eigenvalue weighted by Crippen LogP contribution is 2.42. The van der Waals surface area contributed by atoms with E-state index in [9.17, 15) is 39.0 Å². The van der Waals surface area contributed by atoms with Crippen molar-refractivity contribution in [2.75, 3.05) is 25.2 Å². The Hall–Kier alpha value is -5.12. The van der Waals surface area contributed by atoms with Crippen LogP contribution >= 0.6 is 11.3 Å². The summed E-state index contributed by atoms with van der Waals surface area (Å²) in [6.07, 6.45) is -0.914. The lowest BCUT2D eigenvalue weighted by molar-refractivity contribution is -0.149. The highest BCUT2D eigenvalue weighted by Gasteiger charge is 2.38. The molecule has 3 amide bonds. The zero-order chi connectivity index (χ0) is 29.1. The second-order valence-corrected chi connectivity index (χ2v) is 9.55. The normalized spacial score (nSPS) is 14.2. The second kappa shape index (κ2) is 11.3. The number of carbonyl (C=O) groups is 6. The van der Waals surface area contributed by atoms with Gasteiger partial charge in [-0.25, -0.2) is 14.4 Å². The number of aromatic nitrogens is 1. The van der Waals surface area contributed by atoms with E-state index >= 15 is 0 Å². The topological polar surface area (TPSA) is 225 Å². The maximum absolute atomic E-state index is 13.0. The van der Waals surface area contributed by atoms with Gasteiger partial charge in [0.25, 0.3) is 5.91 Å². The molecule has 0 saturated heterocycles. The Balaban J connectivity index is 1.65. The van der Waals surface area contributed by atoms with Crippen molar-refractivity contribution < 1.29 is 53.6 Å². The van der Waals surface area contributed by atoms with E-state index in [0.29, 0.717) is 10.9 Å². The number of thiophene rings is 1. The molecule has 0 aliphatic carbocycles. The summed E-state index contributed by atoms with van der Waals surface area (Å²) >= 11 is 0.749. The summed E-state index contributed by atoms with van der Waals surface area (Å²) in [5.74, 6) is -5.96. The number of amides is 3. The van der Waals surface area contributed by atoms with Crippen LogP contribution in [0.5, 0.6) is 5.75 Å². The SMILES string of the molecule is CC(=O)OCOC(=O)N1CCc2c(sc(NC(=O)C(=O)O)c2C(=O)O)[C@@H]1CNC(=O)c1cc2cc(O)ccc2[nH]1. The number of aliphatic carboxylic acids is 1. The second-order valence-electron chi connectivity index (χ2n) is 8.50. The fraction of sp³-hybridized carbons (Fsp3) is 0.250. The first-order chi connectivity index (χ1) is 19.0. The molecular formula is C24H22N4O11S. The van der Waals surface area contributed by atoms with Gasteiger partial charge in [-0.3, -0.25) is 19.3 Å². The number of nitrogens with one attached hydrogen (secondary N) is 3. The molecule has 40 heavy (non-hydrogen) atoms. The van der Waals surface area contributed by atoms with Crippen LogP contribution in [0.1, 0.15) is 44.3 Å². The lowest BCUT2D eigenvalue weighted by atomic mass is 9.97. The summed E-state index contributed by atoms with van der Waals surface area (Å²) in [7, 11) is 0. The van der Waals surface area contributed by atoms with Crippen molar-refractivity contribution in [1.82, 2.24) is 15.2 Å². The first-order valence-electron chi connectivity index (χ1n) is 11.6. The van der Waals surface area contributed by atoms with Crippen molar-refractivity contribution in [2.45, 2.75) is 19.4 Å². The number of phenolic OH excluding ortho intramolecular Hbond substituents is 1. The Morgan fingerprint density at radius 2 is 1.88 bits per heavy atom. The van der Waals surface area contributed by atoms with Gasteiger partial charge >= 0.3 is 29.9 Å². The number of rotatable bonds is 7. The summed E-state index contributed by atoms with van der Waals surface area (Å²) in [5, 5.41) is 33.5. The predicted molar refractivity (Wildman–Crippen MR) is 136 cm³/mol. The smallest absolute Gasteiger partial charge is 0.413 e. The minimum Gasteiger partial charge on any atom is -0.508 e. The number of hydrogen-bond acceptors (Lipinski definition) is 10. The number of aromatic hydroxyl groups is 1. The van der Waals surface area contributed by atoms with E-state index < -0.39 is 48.7 Å². The monoisotopic (exact) mass is 574 g/mol. The first-order valence-corrected chi connectivity index (χ1v) is 12.4. The summed E-state index contributed by atoms with van der Waals surface area (Å²) in [5.41, 5.74) is 0.658. The fourth-order valence-corrected chi connectivity index (χ4v) is 5.54. The molecule has 4 rings (SSSR count). The molecule has 16 heteroatoms. The third-order valence-corrected chi connectivity index (χ3v) is 7.19. The highest BCUT2D eigenvalue weighted by molar-refractivity contribution is 7.17. The Labute approximate surface area is 228 Å². The Morgan fingerprint density at radius 3 is 2.55 bits per heavy atom. The summed E-state index contributed by atoms with van der Waals surface area (Å²) in [4.78, 5) is 76.2. The number of carbonyl (C=O) groups excluding carboxylic acids is 4. The maximum atomic E-state index is 13.0. The number of fused-ring (bicyclic) bond motifs is 2. The average molecular weight is 575 g/mol. The molecule has 1 aromatic carbocycles. The first kappa shape index (κ1) is 27.9. The molecule has 1 aliphatic heterocycles. The van der Waals surface area contributed by atoms with E-state index in [4.69, 9.17) is 9.84 Å². The van der Waals surface area contributed by atoms with Crippen LogP contribution in [-0.2, 0) is 30.3 Å². The lowest BCUT2D eigenvalue weighted by Gasteiger charge is -2.34. The average Bonchev–Trinajstić information content (AvgIpc) is 3.47. The van der Waals surface area contributed by atoms with E-state index in [1.165, 1.54) is 23.1 Å². The maximum Gasteiger partial charge on any atom is 0.413 e. The number of aromatic amines is 1. The van der Waals surface area contributed by atoms with Crippen LogP contribution in [0, 0.1) is 0 Å². The molecule has 0 bridgehead atoms. The number of H-pyrrole nitrogens is 1. The van der Waals surface area contributed by atoms with Crippen LogP contribution in [0.3, 0.4) is 0 Å². The number of anilines is 1. The largest absolute Gasteiger partial charge is 0.508 e. The van der Waals surface area contributed by atoms with Crippen molar-refractivity contribution >= 4 is 63.1 Å². The van der Waals surface area contributed by atoms with Gasteiger partial charge in [-0.1, -0.05) is 0 Å². The summed E-state index contributed by atoms with van der Waals surface area (Å²) in [6, 6.07) is 5.00. The quantitative estimate of drug-likeness (QED) is 0.135. The molecule has 15 nitrogen and oxygen atoms in total. The van der Waals surface area contributed by atoms with Gasteiger partial charge in [-0.2, -0.15) is 0 Å². The standard InChI is InChI=1S/C24H22N4O11S/c1-10(29)38-9-39-24(37)28-5-4-13-17(22(33)34)21(27-20(32)23(35)36)40-18(13)16(28)8-25-19(31)15-7-11-6-12(30)2-3-14(11)26-15/h2-3,6-7,16,26,30H,4-5,8-9H2,1H3,(H,25,31)(H,27,32)(H,33,34)(H,35,36)/t16-/m0/s1. The van der Waals surface area contributed by atoms with E-state index in [1.54, 1.807) is 6.07 Å². The van der Waals surface area contributed by atoms with Crippen LogP contribution < -0.4 is 10.6 Å². The number of carboxylic acid groups (broad SMARTS) is 2. The highest BCUT2D eigenvalue weighted by atomic mass is 32.1. The third-order valence-electron chi connectivity index (χ3n) is 5.94. The molecule has 0 spiro atoms. The Bertz CT molecular complexity index is 1540. The van der Waals surface area contributed by atoms with Gasteiger partial charge in [-0.05, 0) is 36.2 Å². The number of nitrogens with zero attached hydrogens (tertiary/aromatic N) is 1. The van der Waals surface area contributed by atoms with Crippen molar-refractivity contribution in [3.63, 3.8) is 0 Å². The zero-order valence-corrected chi connectivity index (χ0v) is 21.5. The molecular weight excluding hydrogens is 552 g/mol. The number of hydrogen-bond donors (Lipinski definition) is 6. The Kier molecular flexibility index (Phi) is 7.90. The van der Waals surface area contributed by atoms with Gasteiger partial charge in [0.05, 0.1) is 11.6 Å². The number of ether oxygens (including phenoxy) is 2. The number of benzene rings is 1. The van der Waals surface area contributed by atoms with Crippen LogP contribution in [0.2, 0.25) is 0 Å². The van der Waals surface area contributed by atoms with E-state index in [-0.39, 0.29) is 52.0 Å². The predicted octanol–water partition coefficient (Wildman–Crippen LogP) is 1.64. The molecule has 1 atom stereocenters. The minimum atomic E-state index is -1.83. The molecule has 3 aromatic rings. The van der Waals surface area contributed by atoms with Crippen molar-refractivity contribution in [3.05, 3.63) is 46.0 Å². The molecule has 0 radical (unpaired) electrons. The number of aromatic carboxylic acids is 1. The van der Waals surface area contributed by atoms with Gasteiger partial charge in [-0.15, -0.1) is 11.3 Å². The van der Waals surface area contributed by atoms with E-state index in [2.05, 4.69) is 20.4 Å². The van der Waals surface area contributed by atoms with E-state index in [0.717, 1.165) is 18.3 Å².